The molecule has 0 unspecified atom stereocenters. The van der Waals surface area contributed by atoms with Gasteiger partial charge < -0.3 is 5.11 Å². The molecule has 0 aliphatic heterocycles. The van der Waals surface area contributed by atoms with Crippen molar-refractivity contribution in [3.05, 3.63) is 0 Å². The van der Waals surface area contributed by atoms with Crippen LogP contribution in [-0.2, 0) is 0 Å². The molecule has 0 saturated heterocycles. The Morgan fingerprint density at radius 2 is 0.429 bits per heavy atom. The average molecular weight is 586 g/mol. The first-order chi connectivity index (χ1) is 14.5. The van der Waals surface area contributed by atoms with Gasteiger partial charge in [0.25, 0.3) is 10.8 Å². The first kappa shape index (κ1) is 33.4. The van der Waals surface area contributed by atoms with Crippen LogP contribution in [0.1, 0.15) is 0 Å². The molecule has 1 N–H and O–H groups in total. The highest BCUT2D eigenvalue weighted by molar-refractivity contribution is 5.30. The summed E-state index contributed by atoms with van der Waals surface area (Å²) in [6.07, 6.45) is -65.6. The third-order valence-electron chi connectivity index (χ3n) is 4.40. The molecule has 0 radical (unpaired) electrons. The van der Waals surface area contributed by atoms with Gasteiger partial charge in [-0.05, 0) is 0 Å². The largest absolute Gasteiger partial charge is 0.420 e. The predicted molar refractivity (Wildman–Crippen MR) is 57.1 cm³/mol. The van der Waals surface area contributed by atoms with Crippen LogP contribution in [0.25, 0.3) is 0 Å². The van der Waals surface area contributed by atoms with Crippen LogP contribution in [0.2, 0.25) is 0 Å². The first-order valence-corrected chi connectivity index (χ1v) is 7.07. The van der Waals surface area contributed by atoms with Crippen molar-refractivity contribution in [2.75, 3.05) is 0 Å². The van der Waals surface area contributed by atoms with Crippen molar-refractivity contribution in [2.45, 2.75) is 54.8 Å². The van der Waals surface area contributed by atoms with Gasteiger partial charge in [-0.2, -0.15) is 96.6 Å². The molecule has 0 amide bonds. The van der Waals surface area contributed by atoms with Gasteiger partial charge in [0.15, 0.2) is 0 Å². The van der Waals surface area contributed by atoms with Crippen molar-refractivity contribution < 1.29 is 106 Å². The van der Waals surface area contributed by atoms with Gasteiger partial charge in [0, 0.05) is 0 Å². The normalized spacial score (nSPS) is 17.1. The maximum atomic E-state index is 15.0. The van der Waals surface area contributed by atoms with Crippen LogP contribution in [0.15, 0.2) is 0 Å². The van der Waals surface area contributed by atoms with Crippen molar-refractivity contribution in [1.82, 2.24) is 0 Å². The molecule has 0 aromatic heterocycles. The minimum absolute atomic E-state index is 7.67. The molecule has 35 heavy (non-hydrogen) atoms. The highest BCUT2D eigenvalue weighted by Gasteiger charge is 3.10. The van der Waals surface area contributed by atoms with Gasteiger partial charge in [0.1, 0.15) is 0 Å². The lowest BCUT2D eigenvalue weighted by Gasteiger charge is -2.57. The molecule has 24 heteroatoms. The van der Waals surface area contributed by atoms with Crippen LogP contribution < -0.4 is 0 Å². The molecule has 0 aliphatic carbocycles. The van der Waals surface area contributed by atoms with Crippen LogP contribution in [0, 0.1) is 10.8 Å². The van der Waals surface area contributed by atoms with E-state index in [2.05, 4.69) is 0 Å². The summed E-state index contributed by atoms with van der Waals surface area (Å²) in [4.78, 5) is 0. The highest BCUT2D eigenvalue weighted by atomic mass is 19.5. The Kier molecular flexibility index (Phi) is 7.32. The van der Waals surface area contributed by atoms with E-state index in [1.807, 2.05) is 0 Å². The predicted octanol–water partition coefficient (Wildman–Crippen LogP) is 7.26. The molecule has 0 aliphatic rings. The van der Waals surface area contributed by atoms with E-state index in [0.717, 1.165) is 0 Å². The fraction of sp³-hybridized carbons (Fsp3) is 1.00. The van der Waals surface area contributed by atoms with E-state index >= 15 is 0 Å². The lowest BCUT2D eigenvalue weighted by Crippen LogP contribution is -2.88. The third kappa shape index (κ3) is 3.82. The van der Waals surface area contributed by atoms with E-state index in [4.69, 9.17) is 5.11 Å². The van der Waals surface area contributed by atoms with Gasteiger partial charge >= 0.3 is 49.1 Å². The number of rotatable bonds is 4. The maximum absolute atomic E-state index is 15.0. The van der Waals surface area contributed by atoms with Crippen molar-refractivity contribution in [1.29, 1.82) is 0 Å². The Balaban J connectivity index is 9.39. The minimum atomic E-state index is -10.7. The molecule has 1 nitrogen and oxygen atoms in total. The standard InChI is InChI=1S/C11HF23O/c12-3(4(13,14)11(33,34)35,1(5(15,16)17,6(18,19)20)7(21,22)23)2(8(24,25)26,9(27,28)29)10(30,31)32/h35H. The van der Waals surface area contributed by atoms with Gasteiger partial charge in [-0.15, -0.1) is 0 Å². The second-order valence-electron chi connectivity index (χ2n) is 6.26. The molecule has 0 atom stereocenters. The van der Waals surface area contributed by atoms with E-state index in [1.165, 1.54) is 0 Å². The molecule has 0 rings (SSSR count). The summed E-state index contributed by atoms with van der Waals surface area (Å²) < 4.78 is 303. The van der Waals surface area contributed by atoms with E-state index < -0.39 is 65.6 Å². The SMILES string of the molecule is OC(F)(F)C(F)(F)C(F)(C(C(F)(F)F)(C(F)(F)F)C(F)(F)F)C(C(F)(F)F)(C(F)(F)F)C(F)(F)F. The summed E-state index contributed by atoms with van der Waals surface area (Å²) in [6.45, 7) is 0. The van der Waals surface area contributed by atoms with E-state index in [1.54, 1.807) is 0 Å². The Labute approximate surface area is 173 Å². The summed E-state index contributed by atoms with van der Waals surface area (Å²) in [6, 6.07) is 0. The zero-order valence-corrected chi connectivity index (χ0v) is 14.6. The Morgan fingerprint density at radius 3 is 0.514 bits per heavy atom. The van der Waals surface area contributed by atoms with E-state index in [9.17, 15) is 101 Å². The second-order valence-corrected chi connectivity index (χ2v) is 6.26. The molecular weight excluding hydrogens is 585 g/mol. The molecule has 0 aromatic rings. The van der Waals surface area contributed by atoms with Crippen LogP contribution in [0.4, 0.5) is 101 Å². The second kappa shape index (κ2) is 7.68. The van der Waals surface area contributed by atoms with Crippen molar-refractivity contribution in [3.8, 4) is 0 Å². The number of aliphatic hydroxyl groups is 1. The summed E-state index contributed by atoms with van der Waals surface area (Å²) in [5.41, 5.74) is -31.2. The lowest BCUT2D eigenvalue weighted by molar-refractivity contribution is -0.563. The molecule has 212 valence electrons. The van der Waals surface area contributed by atoms with Gasteiger partial charge in [0.05, 0.1) is 0 Å². The Hall–Kier alpha value is -1.65. The first-order valence-electron chi connectivity index (χ1n) is 7.07. The van der Waals surface area contributed by atoms with Gasteiger partial charge in [-0.1, -0.05) is 0 Å². The summed E-state index contributed by atoms with van der Waals surface area (Å²) in [7, 11) is 0. The Bertz CT molecular complexity index is 637. The molecule has 0 fully saturated rings. The summed E-state index contributed by atoms with van der Waals surface area (Å²) >= 11 is 0. The summed E-state index contributed by atoms with van der Waals surface area (Å²) in [5, 5.41) is 7.67. The molecule has 0 heterocycles. The molecule has 0 bridgehead atoms. The summed E-state index contributed by atoms with van der Waals surface area (Å²) in [5.74, 6) is -9.76. The topological polar surface area (TPSA) is 20.2 Å². The maximum Gasteiger partial charge on any atom is 0.420 e. The van der Waals surface area contributed by atoms with Crippen LogP contribution >= 0.6 is 0 Å². The van der Waals surface area contributed by atoms with Gasteiger partial charge in [-0.3, -0.25) is 0 Å². The van der Waals surface area contributed by atoms with Crippen LogP contribution in [0.3, 0.4) is 0 Å². The third-order valence-corrected chi connectivity index (χ3v) is 4.40. The van der Waals surface area contributed by atoms with Crippen molar-refractivity contribution in [3.63, 3.8) is 0 Å². The monoisotopic (exact) mass is 586 g/mol. The number of alkyl halides is 23. The molecule has 0 saturated carbocycles. The van der Waals surface area contributed by atoms with Gasteiger partial charge in [-0.25, -0.2) is 4.39 Å². The van der Waals surface area contributed by atoms with Crippen molar-refractivity contribution in [2.24, 2.45) is 10.8 Å². The number of halogens is 23. The number of hydrogen-bond acceptors (Lipinski definition) is 1. The minimum Gasteiger partial charge on any atom is -0.331 e. The molecule has 0 aromatic carbocycles. The fourth-order valence-corrected chi connectivity index (χ4v) is 3.10. The fourth-order valence-electron chi connectivity index (χ4n) is 3.10. The Morgan fingerprint density at radius 1 is 0.286 bits per heavy atom. The van der Waals surface area contributed by atoms with Crippen molar-refractivity contribution >= 4 is 0 Å². The molecule has 0 spiro atoms. The van der Waals surface area contributed by atoms with Gasteiger partial charge in [0.2, 0.25) is 5.67 Å². The zero-order chi connectivity index (χ0) is 29.5. The molecular formula is C11HF23O. The van der Waals surface area contributed by atoms with Crippen LogP contribution in [0.5, 0.6) is 0 Å². The van der Waals surface area contributed by atoms with E-state index in [-0.39, 0.29) is 0 Å². The highest BCUT2D eigenvalue weighted by Crippen LogP contribution is 2.80. The average Bonchev–Trinajstić information content (AvgIpc) is 2.35. The quantitative estimate of drug-likeness (QED) is 0.344. The number of hydrogen-bond donors (Lipinski definition) is 1. The lowest BCUT2D eigenvalue weighted by atomic mass is 9.53. The smallest absolute Gasteiger partial charge is 0.331 e. The van der Waals surface area contributed by atoms with E-state index in [0.29, 0.717) is 0 Å². The zero-order valence-electron chi connectivity index (χ0n) is 14.6. The van der Waals surface area contributed by atoms with Crippen LogP contribution in [-0.4, -0.2) is 59.9 Å².